The molecular weight excluding hydrogens is 362 g/mol. The second-order valence-corrected chi connectivity index (χ2v) is 6.45. The molecule has 0 saturated heterocycles. The van der Waals surface area contributed by atoms with E-state index in [-0.39, 0.29) is 30.9 Å². The summed E-state index contributed by atoms with van der Waals surface area (Å²) in [5.74, 6) is 0.418. The van der Waals surface area contributed by atoms with Gasteiger partial charge in [-0.05, 0) is 45.2 Å². The maximum atomic E-state index is 11.7. The van der Waals surface area contributed by atoms with Gasteiger partial charge in [-0.15, -0.1) is 0 Å². The summed E-state index contributed by atoms with van der Waals surface area (Å²) in [4.78, 5) is 25.0. The van der Waals surface area contributed by atoms with Crippen LogP contribution in [0.1, 0.15) is 13.8 Å². The normalized spacial score (nSPS) is 10.7. The van der Waals surface area contributed by atoms with Crippen molar-refractivity contribution in [3.8, 4) is 5.75 Å². The molecule has 0 heterocycles. The van der Waals surface area contributed by atoms with Gasteiger partial charge in [0.05, 0.1) is 13.1 Å². The van der Waals surface area contributed by atoms with E-state index in [9.17, 15) is 9.59 Å². The monoisotopic (exact) mass is 385 g/mol. The van der Waals surface area contributed by atoms with Gasteiger partial charge in [0.1, 0.15) is 12.4 Å². The molecule has 23 heavy (non-hydrogen) atoms. The first-order valence-electron chi connectivity index (χ1n) is 7.50. The minimum atomic E-state index is -0.186. The molecule has 0 aromatic heterocycles. The van der Waals surface area contributed by atoms with Gasteiger partial charge in [0.15, 0.2) is 0 Å². The van der Waals surface area contributed by atoms with Crippen molar-refractivity contribution in [1.29, 1.82) is 0 Å². The van der Waals surface area contributed by atoms with E-state index in [0.717, 1.165) is 10.2 Å². The molecule has 7 heteroatoms. The largest absolute Gasteiger partial charge is 0.492 e. The zero-order chi connectivity index (χ0) is 17.2. The summed E-state index contributed by atoms with van der Waals surface area (Å²) in [6.45, 7) is 5.07. The maximum Gasteiger partial charge on any atom is 0.239 e. The van der Waals surface area contributed by atoms with Gasteiger partial charge in [0.2, 0.25) is 11.8 Å². The molecule has 1 rings (SSSR count). The third-order valence-corrected chi connectivity index (χ3v) is 3.39. The maximum absolute atomic E-state index is 11.7. The molecule has 0 radical (unpaired) electrons. The molecule has 0 saturated carbocycles. The highest BCUT2D eigenvalue weighted by atomic mass is 79.9. The lowest BCUT2D eigenvalue weighted by Crippen LogP contribution is -2.43. The van der Waals surface area contributed by atoms with E-state index in [1.807, 2.05) is 50.1 Å². The minimum Gasteiger partial charge on any atom is -0.492 e. The Labute approximate surface area is 145 Å². The van der Waals surface area contributed by atoms with Crippen molar-refractivity contribution < 1.29 is 14.3 Å². The molecule has 0 fully saturated rings. The van der Waals surface area contributed by atoms with Crippen LogP contribution in [0.3, 0.4) is 0 Å². The molecule has 0 aliphatic rings. The summed E-state index contributed by atoms with van der Waals surface area (Å²) in [7, 11) is 1.83. The number of nitrogens with one attached hydrogen (secondary N) is 2. The highest BCUT2D eigenvalue weighted by molar-refractivity contribution is 9.10. The first-order chi connectivity index (χ1) is 10.9. The first kappa shape index (κ1) is 19.4. The number of hydrogen-bond donors (Lipinski definition) is 2. The lowest BCUT2D eigenvalue weighted by molar-refractivity contribution is -0.126. The van der Waals surface area contributed by atoms with E-state index in [4.69, 9.17) is 4.74 Å². The van der Waals surface area contributed by atoms with Crippen molar-refractivity contribution in [2.45, 2.75) is 19.9 Å². The third kappa shape index (κ3) is 9.20. The number of halogens is 1. The van der Waals surface area contributed by atoms with E-state index in [1.54, 1.807) is 0 Å². The van der Waals surface area contributed by atoms with Crippen LogP contribution in [0.5, 0.6) is 5.75 Å². The van der Waals surface area contributed by atoms with Crippen molar-refractivity contribution in [1.82, 2.24) is 15.5 Å². The Hall–Kier alpha value is -1.60. The molecule has 0 spiro atoms. The lowest BCUT2D eigenvalue weighted by atomic mass is 10.3. The highest BCUT2D eigenvalue weighted by Crippen LogP contribution is 2.15. The molecule has 2 amide bonds. The van der Waals surface area contributed by atoms with Crippen molar-refractivity contribution in [2.75, 3.05) is 33.3 Å². The van der Waals surface area contributed by atoms with E-state index < -0.39 is 0 Å². The molecule has 128 valence electrons. The number of likely N-dealkylation sites (N-methyl/N-ethyl adjacent to an activating group) is 1. The second kappa shape index (κ2) is 10.2. The summed E-state index contributed by atoms with van der Waals surface area (Å²) in [6.07, 6.45) is 0. The molecule has 1 aromatic rings. The van der Waals surface area contributed by atoms with Gasteiger partial charge in [-0.2, -0.15) is 0 Å². The first-order valence-corrected chi connectivity index (χ1v) is 8.29. The number of rotatable bonds is 9. The number of benzene rings is 1. The van der Waals surface area contributed by atoms with Crippen LogP contribution in [0.15, 0.2) is 28.7 Å². The molecule has 0 aliphatic carbocycles. The van der Waals surface area contributed by atoms with E-state index >= 15 is 0 Å². The Bertz CT molecular complexity index is 506. The third-order valence-electron chi connectivity index (χ3n) is 2.86. The van der Waals surface area contributed by atoms with E-state index in [1.165, 1.54) is 0 Å². The molecule has 0 atom stereocenters. The molecule has 0 unspecified atom stereocenters. The van der Waals surface area contributed by atoms with Gasteiger partial charge in [-0.3, -0.25) is 14.5 Å². The number of carbonyl (C=O) groups is 2. The minimum absolute atomic E-state index is 0.000244. The molecule has 6 nitrogen and oxygen atoms in total. The van der Waals surface area contributed by atoms with Crippen LogP contribution >= 0.6 is 15.9 Å². The predicted octanol–water partition coefficient (Wildman–Crippen LogP) is 1.40. The number of nitrogens with zero attached hydrogens (tertiary/aromatic N) is 1. The fourth-order valence-corrected chi connectivity index (χ4v) is 2.05. The lowest BCUT2D eigenvalue weighted by Gasteiger charge is -2.17. The summed E-state index contributed by atoms with van der Waals surface area (Å²) in [5, 5.41) is 5.31. The zero-order valence-corrected chi connectivity index (χ0v) is 15.4. The SMILES string of the molecule is CC(C)NC(=O)CNC(=O)CN(C)CCOc1ccc(Br)cc1. The average Bonchev–Trinajstić information content (AvgIpc) is 2.46. The topological polar surface area (TPSA) is 70.7 Å². The molecule has 0 bridgehead atoms. The van der Waals surface area contributed by atoms with Crippen molar-refractivity contribution in [3.63, 3.8) is 0 Å². The van der Waals surface area contributed by atoms with Gasteiger partial charge in [-0.1, -0.05) is 15.9 Å². The summed E-state index contributed by atoms with van der Waals surface area (Å²) < 4.78 is 6.60. The fourth-order valence-electron chi connectivity index (χ4n) is 1.78. The van der Waals surface area contributed by atoms with Crippen LogP contribution in [-0.2, 0) is 9.59 Å². The van der Waals surface area contributed by atoms with Crippen molar-refractivity contribution >= 4 is 27.7 Å². The number of carbonyl (C=O) groups excluding carboxylic acids is 2. The van der Waals surface area contributed by atoms with Gasteiger partial charge in [-0.25, -0.2) is 0 Å². The summed E-state index contributed by atoms with van der Waals surface area (Å²) >= 11 is 3.37. The van der Waals surface area contributed by atoms with Crippen LogP contribution in [0.25, 0.3) is 0 Å². The average molecular weight is 386 g/mol. The number of amides is 2. The van der Waals surface area contributed by atoms with Crippen LogP contribution in [0.2, 0.25) is 0 Å². The molecular formula is C16H24BrN3O3. The van der Waals surface area contributed by atoms with E-state index in [0.29, 0.717) is 13.2 Å². The van der Waals surface area contributed by atoms with E-state index in [2.05, 4.69) is 26.6 Å². The van der Waals surface area contributed by atoms with Gasteiger partial charge < -0.3 is 15.4 Å². The molecule has 2 N–H and O–H groups in total. The van der Waals surface area contributed by atoms with Crippen molar-refractivity contribution in [2.24, 2.45) is 0 Å². The smallest absolute Gasteiger partial charge is 0.239 e. The molecule has 0 aliphatic heterocycles. The number of ether oxygens (including phenoxy) is 1. The van der Waals surface area contributed by atoms with Crippen LogP contribution in [0.4, 0.5) is 0 Å². The standard InChI is InChI=1S/C16H24BrN3O3/c1-12(2)19-15(21)10-18-16(22)11-20(3)8-9-23-14-6-4-13(17)5-7-14/h4-7,12H,8-11H2,1-3H3,(H,18,22)(H,19,21). The van der Waals surface area contributed by atoms with Gasteiger partial charge >= 0.3 is 0 Å². The van der Waals surface area contributed by atoms with Gasteiger partial charge in [0, 0.05) is 17.1 Å². The van der Waals surface area contributed by atoms with Gasteiger partial charge in [0.25, 0.3) is 0 Å². The van der Waals surface area contributed by atoms with Crippen LogP contribution in [0, 0.1) is 0 Å². The summed E-state index contributed by atoms with van der Waals surface area (Å²) in [6, 6.07) is 7.65. The van der Waals surface area contributed by atoms with Crippen molar-refractivity contribution in [3.05, 3.63) is 28.7 Å². The predicted molar refractivity (Wildman–Crippen MR) is 93.4 cm³/mol. The van der Waals surface area contributed by atoms with Crippen LogP contribution < -0.4 is 15.4 Å². The highest BCUT2D eigenvalue weighted by Gasteiger charge is 2.09. The number of hydrogen-bond acceptors (Lipinski definition) is 4. The summed E-state index contributed by atoms with van der Waals surface area (Å²) in [5.41, 5.74) is 0. The van der Waals surface area contributed by atoms with Crippen LogP contribution in [-0.4, -0.2) is 56.0 Å². The Morgan fingerprint density at radius 2 is 1.87 bits per heavy atom. The fraction of sp³-hybridized carbons (Fsp3) is 0.500. The Morgan fingerprint density at radius 3 is 2.48 bits per heavy atom. The zero-order valence-electron chi connectivity index (χ0n) is 13.8. The Balaban J connectivity index is 2.17. The quantitative estimate of drug-likeness (QED) is 0.673. The molecule has 1 aromatic carbocycles. The Morgan fingerprint density at radius 1 is 1.22 bits per heavy atom. The Kier molecular flexibility index (Phi) is 8.65. The second-order valence-electron chi connectivity index (χ2n) is 5.54.